The zero-order chi connectivity index (χ0) is 18.1. The lowest BCUT2D eigenvalue weighted by Crippen LogP contribution is -2.20. The van der Waals surface area contributed by atoms with Gasteiger partial charge in [0.15, 0.2) is 0 Å². The van der Waals surface area contributed by atoms with E-state index in [0.717, 1.165) is 0 Å². The molecule has 0 fully saturated rings. The number of rotatable bonds is 5. The molecule has 1 aliphatic rings. The van der Waals surface area contributed by atoms with Crippen LogP contribution in [0.25, 0.3) is 0 Å². The summed E-state index contributed by atoms with van der Waals surface area (Å²) in [5, 5.41) is -0.189. The van der Waals surface area contributed by atoms with Gasteiger partial charge in [0.05, 0.1) is 11.6 Å². The molecule has 0 saturated heterocycles. The summed E-state index contributed by atoms with van der Waals surface area (Å²) < 4.78 is 49.6. The van der Waals surface area contributed by atoms with Crippen molar-refractivity contribution in [2.45, 2.75) is 29.2 Å². The molecule has 0 radical (unpaired) electrons. The Bertz CT molecular complexity index is 904. The minimum absolute atomic E-state index is 0.144. The van der Waals surface area contributed by atoms with Crippen LogP contribution in [-0.2, 0) is 11.3 Å². The third-order valence-corrected chi connectivity index (χ3v) is 5.57. The summed E-state index contributed by atoms with van der Waals surface area (Å²) in [6.45, 7) is 0.510. The van der Waals surface area contributed by atoms with Gasteiger partial charge in [-0.25, -0.2) is 18.2 Å². The molecule has 7 heteroatoms. The van der Waals surface area contributed by atoms with E-state index < -0.39 is 18.3 Å². The molecule has 0 bridgehead atoms. The summed E-state index contributed by atoms with van der Waals surface area (Å²) in [5.41, 5.74) is 0.565. The predicted octanol–water partition coefficient (Wildman–Crippen LogP) is 5.06. The maximum absolute atomic E-state index is 14.7. The van der Waals surface area contributed by atoms with Crippen LogP contribution in [0.15, 0.2) is 66.1 Å². The highest BCUT2D eigenvalue weighted by Gasteiger charge is 2.37. The molecule has 3 unspecified atom stereocenters. The number of aromatic nitrogens is 2. The van der Waals surface area contributed by atoms with Crippen molar-refractivity contribution in [1.82, 2.24) is 9.55 Å². The lowest BCUT2D eigenvalue weighted by Gasteiger charge is -2.23. The first-order chi connectivity index (χ1) is 12.6. The molecule has 26 heavy (non-hydrogen) atoms. The highest BCUT2D eigenvalue weighted by atomic mass is 32.2. The van der Waals surface area contributed by atoms with Gasteiger partial charge in [0.2, 0.25) is 6.36 Å². The highest BCUT2D eigenvalue weighted by molar-refractivity contribution is 8.00. The standard InChI is InChI=1S/C19H15F3N2OS/c20-12-5-6-14-16(9-12)26-17(10-24-8-7-23-11-24)18(14)25-19(22)13-3-1-2-4-15(13)21/h1-9,11,17-19H,10H2. The number of halogens is 3. The summed E-state index contributed by atoms with van der Waals surface area (Å²) in [4.78, 5) is 4.71. The molecule has 1 aliphatic heterocycles. The second-order valence-corrected chi connectivity index (χ2v) is 7.27. The molecule has 3 atom stereocenters. The maximum Gasteiger partial charge on any atom is 0.228 e. The van der Waals surface area contributed by atoms with E-state index in [1.807, 2.05) is 4.57 Å². The minimum Gasteiger partial charge on any atom is -0.336 e. The fourth-order valence-electron chi connectivity index (χ4n) is 3.03. The van der Waals surface area contributed by atoms with Gasteiger partial charge in [0.25, 0.3) is 0 Å². The number of imidazole rings is 1. The Hall–Kier alpha value is -2.25. The Morgan fingerprint density at radius 1 is 1.19 bits per heavy atom. The monoisotopic (exact) mass is 376 g/mol. The topological polar surface area (TPSA) is 27.1 Å². The van der Waals surface area contributed by atoms with Crippen molar-refractivity contribution in [3.63, 3.8) is 0 Å². The zero-order valence-corrected chi connectivity index (χ0v) is 14.4. The fraction of sp³-hybridized carbons (Fsp3) is 0.211. The van der Waals surface area contributed by atoms with Crippen molar-refractivity contribution in [3.05, 3.63) is 83.9 Å². The Balaban J connectivity index is 1.62. The van der Waals surface area contributed by atoms with Crippen molar-refractivity contribution in [1.29, 1.82) is 0 Å². The smallest absolute Gasteiger partial charge is 0.228 e. The third-order valence-electron chi connectivity index (χ3n) is 4.26. The molecule has 4 rings (SSSR count). The second-order valence-electron chi connectivity index (χ2n) is 5.99. The predicted molar refractivity (Wildman–Crippen MR) is 92.3 cm³/mol. The van der Waals surface area contributed by atoms with Crippen LogP contribution < -0.4 is 0 Å². The molecule has 0 aliphatic carbocycles. The van der Waals surface area contributed by atoms with Crippen LogP contribution >= 0.6 is 11.8 Å². The van der Waals surface area contributed by atoms with Crippen molar-refractivity contribution in [2.75, 3.05) is 0 Å². The summed E-state index contributed by atoms with van der Waals surface area (Å²) in [6, 6.07) is 9.96. The summed E-state index contributed by atoms with van der Waals surface area (Å²) in [7, 11) is 0. The molecule has 0 saturated carbocycles. The number of nitrogens with zero attached hydrogens (tertiary/aromatic N) is 2. The maximum atomic E-state index is 14.7. The molecule has 1 aromatic heterocycles. The Kier molecular flexibility index (Phi) is 4.74. The van der Waals surface area contributed by atoms with Crippen molar-refractivity contribution in [2.24, 2.45) is 0 Å². The number of benzene rings is 2. The molecule has 134 valence electrons. The van der Waals surface area contributed by atoms with Gasteiger partial charge in [0, 0.05) is 29.4 Å². The van der Waals surface area contributed by atoms with Gasteiger partial charge in [-0.2, -0.15) is 0 Å². The lowest BCUT2D eigenvalue weighted by molar-refractivity contribution is -0.0932. The number of hydrogen-bond acceptors (Lipinski definition) is 3. The first kappa shape index (κ1) is 17.2. The van der Waals surface area contributed by atoms with E-state index in [-0.39, 0.29) is 16.6 Å². The van der Waals surface area contributed by atoms with E-state index in [1.165, 1.54) is 42.1 Å². The highest BCUT2D eigenvalue weighted by Crippen LogP contribution is 2.48. The first-order valence-corrected chi connectivity index (χ1v) is 8.95. The fourth-order valence-corrected chi connectivity index (χ4v) is 4.44. The van der Waals surface area contributed by atoms with Gasteiger partial charge in [-0.3, -0.25) is 0 Å². The minimum atomic E-state index is -1.91. The van der Waals surface area contributed by atoms with E-state index in [1.54, 1.807) is 30.9 Å². The number of hydrogen-bond donors (Lipinski definition) is 0. The molecule has 2 aromatic carbocycles. The third kappa shape index (κ3) is 3.37. The first-order valence-electron chi connectivity index (χ1n) is 8.07. The SMILES string of the molecule is Fc1ccc2c(c1)SC(Cn1ccnc1)C2OC(F)c1ccccc1F. The van der Waals surface area contributed by atoms with Crippen LogP contribution in [0.1, 0.15) is 23.6 Å². The Morgan fingerprint density at radius 3 is 2.81 bits per heavy atom. The number of thioether (sulfide) groups is 1. The van der Waals surface area contributed by atoms with E-state index in [4.69, 9.17) is 4.74 Å². The van der Waals surface area contributed by atoms with Crippen molar-refractivity contribution < 1.29 is 17.9 Å². The zero-order valence-electron chi connectivity index (χ0n) is 13.6. The molecule has 0 amide bonds. The van der Waals surface area contributed by atoms with Crippen molar-refractivity contribution >= 4 is 11.8 Å². The van der Waals surface area contributed by atoms with Crippen LogP contribution in [0.5, 0.6) is 0 Å². The number of alkyl halides is 1. The average Bonchev–Trinajstić information content (AvgIpc) is 3.24. The molecule has 2 heterocycles. The molecule has 3 nitrogen and oxygen atoms in total. The molecular weight excluding hydrogens is 361 g/mol. The molecule has 0 spiro atoms. The van der Waals surface area contributed by atoms with Gasteiger partial charge in [-0.15, -0.1) is 11.8 Å². The van der Waals surface area contributed by atoms with E-state index in [9.17, 15) is 13.2 Å². The van der Waals surface area contributed by atoms with Gasteiger partial charge < -0.3 is 9.30 Å². The summed E-state index contributed by atoms with van der Waals surface area (Å²) >= 11 is 1.42. The summed E-state index contributed by atoms with van der Waals surface area (Å²) in [6.07, 6.45) is 2.56. The largest absolute Gasteiger partial charge is 0.336 e. The second kappa shape index (κ2) is 7.17. The molecule has 3 aromatic rings. The van der Waals surface area contributed by atoms with E-state index >= 15 is 0 Å². The Morgan fingerprint density at radius 2 is 2.04 bits per heavy atom. The van der Waals surface area contributed by atoms with Crippen LogP contribution in [0.2, 0.25) is 0 Å². The van der Waals surface area contributed by atoms with Crippen LogP contribution in [-0.4, -0.2) is 14.8 Å². The van der Waals surface area contributed by atoms with E-state index in [2.05, 4.69) is 4.98 Å². The van der Waals surface area contributed by atoms with Crippen LogP contribution in [0.4, 0.5) is 13.2 Å². The van der Waals surface area contributed by atoms with Gasteiger partial charge in [-0.05, 0) is 23.8 Å². The quantitative estimate of drug-likeness (QED) is 0.623. The van der Waals surface area contributed by atoms with Crippen molar-refractivity contribution in [3.8, 4) is 0 Å². The molecule has 0 N–H and O–H groups in total. The van der Waals surface area contributed by atoms with E-state index in [0.29, 0.717) is 17.0 Å². The van der Waals surface area contributed by atoms with Crippen LogP contribution in [0, 0.1) is 11.6 Å². The van der Waals surface area contributed by atoms with Gasteiger partial charge >= 0.3 is 0 Å². The number of ether oxygens (including phenoxy) is 1. The molecular formula is C19H15F3N2OS. The normalized spacial score (nSPS) is 20.1. The van der Waals surface area contributed by atoms with Crippen LogP contribution in [0.3, 0.4) is 0 Å². The number of fused-ring (bicyclic) bond motifs is 1. The Labute approximate surface area is 152 Å². The van der Waals surface area contributed by atoms with Gasteiger partial charge in [-0.1, -0.05) is 24.3 Å². The lowest BCUT2D eigenvalue weighted by atomic mass is 10.1. The van der Waals surface area contributed by atoms with Gasteiger partial charge in [0.1, 0.15) is 17.7 Å². The average molecular weight is 376 g/mol. The summed E-state index contributed by atoms with van der Waals surface area (Å²) in [5.74, 6) is -1.01.